The van der Waals surface area contributed by atoms with Crippen LogP contribution in [-0.4, -0.2) is 17.4 Å². The van der Waals surface area contributed by atoms with Crippen molar-refractivity contribution < 1.29 is 4.74 Å². The molecule has 0 spiro atoms. The highest BCUT2D eigenvalue weighted by Crippen LogP contribution is 2.12. The first kappa shape index (κ1) is 12.4. The summed E-state index contributed by atoms with van der Waals surface area (Å²) in [5.74, 6) is 0.842. The first-order valence-electron chi connectivity index (χ1n) is 4.93. The van der Waals surface area contributed by atoms with E-state index in [9.17, 15) is 0 Å². The zero-order chi connectivity index (χ0) is 12.0. The maximum Gasteiger partial charge on any atom is 0.184 e. The molecule has 0 aliphatic carbocycles. The van der Waals surface area contributed by atoms with Gasteiger partial charge in [0.05, 0.1) is 12.3 Å². The van der Waals surface area contributed by atoms with Crippen molar-refractivity contribution in [1.29, 1.82) is 0 Å². The van der Waals surface area contributed by atoms with E-state index in [0.717, 1.165) is 11.3 Å². The van der Waals surface area contributed by atoms with Crippen molar-refractivity contribution in [2.45, 2.75) is 20.0 Å². The Morgan fingerprint density at radius 1 is 1.44 bits per heavy atom. The lowest BCUT2D eigenvalue weighted by Gasteiger charge is -2.08. The average Bonchev–Trinajstić information content (AvgIpc) is 2.19. The van der Waals surface area contributed by atoms with Crippen LogP contribution < -0.4 is 15.9 Å². The Balaban J connectivity index is 2.57. The van der Waals surface area contributed by atoms with Crippen LogP contribution in [0.4, 0.5) is 0 Å². The summed E-state index contributed by atoms with van der Waals surface area (Å²) >= 11 is 4.61. The molecule has 1 aromatic carbocycles. The van der Waals surface area contributed by atoms with E-state index in [1.54, 1.807) is 6.21 Å². The molecule has 0 unspecified atom stereocenters. The fourth-order valence-electron chi connectivity index (χ4n) is 1.08. The molecular weight excluding hydrogens is 222 g/mol. The number of hydrazone groups is 1. The van der Waals surface area contributed by atoms with Gasteiger partial charge in [-0.25, -0.2) is 0 Å². The second-order valence-electron chi connectivity index (χ2n) is 3.47. The Labute approximate surface area is 100 Å². The standard InChI is InChI=1S/C11H15N3OS/c1-8(2)15-10-5-3-9(4-6-10)7-13-14-11(12)16/h3-8H,1-2H3,(H3,12,14,16)/b13-7-. The second-order valence-corrected chi connectivity index (χ2v) is 3.91. The second kappa shape index (κ2) is 6.07. The molecule has 0 radical (unpaired) electrons. The third-order valence-electron chi connectivity index (χ3n) is 1.64. The molecule has 0 fully saturated rings. The number of nitrogens with one attached hydrogen (secondary N) is 1. The van der Waals surface area contributed by atoms with Crippen molar-refractivity contribution >= 4 is 23.5 Å². The molecular formula is C11H15N3OS. The molecule has 86 valence electrons. The van der Waals surface area contributed by atoms with E-state index in [2.05, 4.69) is 22.7 Å². The first-order valence-corrected chi connectivity index (χ1v) is 5.34. The van der Waals surface area contributed by atoms with Crippen molar-refractivity contribution in [2.24, 2.45) is 10.8 Å². The van der Waals surface area contributed by atoms with Crippen molar-refractivity contribution in [2.75, 3.05) is 0 Å². The molecule has 0 bridgehead atoms. The fraction of sp³-hybridized carbons (Fsp3) is 0.273. The predicted octanol–water partition coefficient (Wildman–Crippen LogP) is 1.64. The number of ether oxygens (including phenoxy) is 1. The van der Waals surface area contributed by atoms with Gasteiger partial charge in [-0.05, 0) is 55.9 Å². The molecule has 4 nitrogen and oxygen atoms in total. The highest BCUT2D eigenvalue weighted by atomic mass is 32.1. The third-order valence-corrected chi connectivity index (χ3v) is 1.73. The van der Waals surface area contributed by atoms with Gasteiger partial charge in [0, 0.05) is 0 Å². The normalized spacial score (nSPS) is 10.7. The number of nitrogens with two attached hydrogens (primary N) is 1. The van der Waals surface area contributed by atoms with Gasteiger partial charge in [-0.3, -0.25) is 5.43 Å². The molecule has 0 aliphatic rings. The molecule has 1 aromatic rings. The van der Waals surface area contributed by atoms with E-state index in [0.29, 0.717) is 0 Å². The van der Waals surface area contributed by atoms with Crippen LogP contribution in [0.1, 0.15) is 19.4 Å². The Hall–Kier alpha value is -1.62. The highest BCUT2D eigenvalue weighted by Gasteiger charge is 1.96. The molecule has 0 atom stereocenters. The molecule has 5 heteroatoms. The summed E-state index contributed by atoms with van der Waals surface area (Å²) in [4.78, 5) is 0. The van der Waals surface area contributed by atoms with Gasteiger partial charge < -0.3 is 10.5 Å². The Bertz CT molecular complexity index is 373. The summed E-state index contributed by atoms with van der Waals surface area (Å²) in [6.07, 6.45) is 1.81. The van der Waals surface area contributed by atoms with Crippen LogP contribution in [-0.2, 0) is 0 Å². The van der Waals surface area contributed by atoms with Crippen molar-refractivity contribution in [3.05, 3.63) is 29.8 Å². The number of rotatable bonds is 4. The van der Waals surface area contributed by atoms with Crippen molar-refractivity contribution in [1.82, 2.24) is 5.43 Å². The van der Waals surface area contributed by atoms with Crippen LogP contribution in [0, 0.1) is 0 Å². The number of thiocarbonyl (C=S) groups is 1. The monoisotopic (exact) mass is 237 g/mol. The molecule has 0 heterocycles. The Morgan fingerprint density at radius 3 is 2.56 bits per heavy atom. The Morgan fingerprint density at radius 2 is 2.06 bits per heavy atom. The maximum atomic E-state index is 5.51. The van der Waals surface area contributed by atoms with Gasteiger partial charge in [0.25, 0.3) is 0 Å². The molecule has 3 N–H and O–H groups in total. The lowest BCUT2D eigenvalue weighted by molar-refractivity contribution is 0.242. The SMILES string of the molecule is CC(C)Oc1ccc(/C=N\NC(N)=S)cc1. The predicted molar refractivity (Wildman–Crippen MR) is 69.7 cm³/mol. The van der Waals surface area contributed by atoms with Crippen molar-refractivity contribution in [3.63, 3.8) is 0 Å². The minimum Gasteiger partial charge on any atom is -0.491 e. The number of benzene rings is 1. The molecule has 0 aromatic heterocycles. The van der Waals surface area contributed by atoms with Crippen LogP contribution in [0.15, 0.2) is 29.4 Å². The zero-order valence-corrected chi connectivity index (χ0v) is 10.1. The van der Waals surface area contributed by atoms with Gasteiger partial charge in [-0.15, -0.1) is 0 Å². The third kappa shape index (κ3) is 4.75. The van der Waals surface area contributed by atoms with Gasteiger partial charge in [-0.2, -0.15) is 5.10 Å². The van der Waals surface area contributed by atoms with Gasteiger partial charge in [0.1, 0.15) is 5.75 Å². The molecule has 1 rings (SSSR count). The Kier molecular flexibility index (Phi) is 4.72. The quantitative estimate of drug-likeness (QED) is 0.475. The fourth-order valence-corrected chi connectivity index (χ4v) is 1.13. The number of hydrogen-bond donors (Lipinski definition) is 2. The lowest BCUT2D eigenvalue weighted by Crippen LogP contribution is -2.23. The minimum atomic E-state index is 0.149. The van der Waals surface area contributed by atoms with Crippen LogP contribution in [0.2, 0.25) is 0 Å². The van der Waals surface area contributed by atoms with Gasteiger partial charge >= 0.3 is 0 Å². The van der Waals surface area contributed by atoms with E-state index in [4.69, 9.17) is 10.5 Å². The first-order chi connectivity index (χ1) is 7.58. The molecule has 0 amide bonds. The van der Waals surface area contributed by atoms with Crippen LogP contribution in [0.3, 0.4) is 0 Å². The van der Waals surface area contributed by atoms with E-state index < -0.39 is 0 Å². The summed E-state index contributed by atoms with van der Waals surface area (Å²) in [6.45, 7) is 3.98. The molecule has 16 heavy (non-hydrogen) atoms. The largest absolute Gasteiger partial charge is 0.491 e. The van der Waals surface area contributed by atoms with E-state index >= 15 is 0 Å². The summed E-state index contributed by atoms with van der Waals surface area (Å²) in [6, 6.07) is 7.59. The summed E-state index contributed by atoms with van der Waals surface area (Å²) in [5.41, 5.74) is 8.65. The lowest BCUT2D eigenvalue weighted by atomic mass is 10.2. The van der Waals surface area contributed by atoms with E-state index in [-0.39, 0.29) is 11.2 Å². The summed E-state index contributed by atoms with van der Waals surface area (Å²) < 4.78 is 5.51. The van der Waals surface area contributed by atoms with Crippen LogP contribution in [0.5, 0.6) is 5.75 Å². The molecule has 0 saturated heterocycles. The smallest absolute Gasteiger partial charge is 0.184 e. The van der Waals surface area contributed by atoms with Crippen LogP contribution >= 0.6 is 12.2 Å². The van der Waals surface area contributed by atoms with E-state index in [1.165, 1.54) is 0 Å². The molecule has 0 aliphatic heterocycles. The average molecular weight is 237 g/mol. The van der Waals surface area contributed by atoms with E-state index in [1.807, 2.05) is 38.1 Å². The van der Waals surface area contributed by atoms with Crippen molar-refractivity contribution in [3.8, 4) is 5.75 Å². The van der Waals surface area contributed by atoms with Gasteiger partial charge in [0.2, 0.25) is 0 Å². The number of nitrogens with zero attached hydrogens (tertiary/aromatic N) is 1. The highest BCUT2D eigenvalue weighted by molar-refractivity contribution is 7.80. The topological polar surface area (TPSA) is 59.6 Å². The zero-order valence-electron chi connectivity index (χ0n) is 9.31. The minimum absolute atomic E-state index is 0.149. The van der Waals surface area contributed by atoms with Gasteiger partial charge in [-0.1, -0.05) is 0 Å². The number of hydrogen-bond acceptors (Lipinski definition) is 3. The maximum absolute atomic E-state index is 5.51. The van der Waals surface area contributed by atoms with Crippen LogP contribution in [0.25, 0.3) is 0 Å². The summed E-state index contributed by atoms with van der Waals surface area (Å²) in [5, 5.41) is 4.00. The summed E-state index contributed by atoms with van der Waals surface area (Å²) in [7, 11) is 0. The van der Waals surface area contributed by atoms with Gasteiger partial charge in [0.15, 0.2) is 5.11 Å². The molecule has 0 saturated carbocycles.